The molecule has 1 saturated heterocycles. The fourth-order valence-electron chi connectivity index (χ4n) is 4.82. The zero-order chi connectivity index (χ0) is 18.1. The summed E-state index contributed by atoms with van der Waals surface area (Å²) in [5.41, 5.74) is 1.16. The number of rotatable bonds is 3. The molecule has 0 aromatic carbocycles. The SMILES string of the molecule is CNC(=O)c1cc2c(s1)CCN(C(=O)[C@@H]1CCCN(C3CCCC3)C1)C2. The van der Waals surface area contributed by atoms with Gasteiger partial charge in [0, 0.05) is 37.6 Å². The summed E-state index contributed by atoms with van der Waals surface area (Å²) in [7, 11) is 1.66. The maximum Gasteiger partial charge on any atom is 0.261 e. The van der Waals surface area contributed by atoms with E-state index in [-0.39, 0.29) is 11.8 Å². The number of hydrogen-bond donors (Lipinski definition) is 1. The minimum Gasteiger partial charge on any atom is -0.354 e. The third kappa shape index (κ3) is 3.54. The molecule has 0 radical (unpaired) electrons. The highest BCUT2D eigenvalue weighted by molar-refractivity contribution is 7.14. The monoisotopic (exact) mass is 375 g/mol. The highest BCUT2D eigenvalue weighted by Crippen LogP contribution is 2.31. The molecule has 4 rings (SSSR count). The van der Waals surface area contributed by atoms with Crippen LogP contribution < -0.4 is 5.32 Å². The van der Waals surface area contributed by atoms with Crippen LogP contribution in [0.5, 0.6) is 0 Å². The van der Waals surface area contributed by atoms with E-state index in [1.807, 2.05) is 11.0 Å². The van der Waals surface area contributed by atoms with Crippen molar-refractivity contribution in [3.63, 3.8) is 0 Å². The summed E-state index contributed by atoms with van der Waals surface area (Å²) in [6, 6.07) is 2.69. The van der Waals surface area contributed by atoms with E-state index >= 15 is 0 Å². The van der Waals surface area contributed by atoms with Crippen LogP contribution in [0.25, 0.3) is 0 Å². The summed E-state index contributed by atoms with van der Waals surface area (Å²) in [5, 5.41) is 2.69. The van der Waals surface area contributed by atoms with Gasteiger partial charge in [-0.15, -0.1) is 11.3 Å². The van der Waals surface area contributed by atoms with Crippen molar-refractivity contribution in [2.24, 2.45) is 5.92 Å². The number of likely N-dealkylation sites (tertiary alicyclic amines) is 1. The molecule has 0 unspecified atom stereocenters. The Morgan fingerprint density at radius 1 is 1.15 bits per heavy atom. The van der Waals surface area contributed by atoms with Gasteiger partial charge in [-0.25, -0.2) is 0 Å². The van der Waals surface area contributed by atoms with Crippen LogP contribution in [0.3, 0.4) is 0 Å². The molecule has 3 aliphatic rings. The number of fused-ring (bicyclic) bond motifs is 1. The van der Waals surface area contributed by atoms with Gasteiger partial charge in [-0.1, -0.05) is 12.8 Å². The third-order valence-electron chi connectivity index (χ3n) is 6.27. The van der Waals surface area contributed by atoms with Crippen molar-refractivity contribution in [3.8, 4) is 0 Å². The molecule has 2 fully saturated rings. The first-order valence-corrected chi connectivity index (χ1v) is 10.8. The lowest BCUT2D eigenvalue weighted by atomic mass is 9.94. The van der Waals surface area contributed by atoms with Gasteiger partial charge < -0.3 is 10.2 Å². The minimum absolute atomic E-state index is 0.0261. The molecule has 1 aliphatic carbocycles. The van der Waals surface area contributed by atoms with E-state index in [0.717, 1.165) is 42.8 Å². The smallest absolute Gasteiger partial charge is 0.261 e. The van der Waals surface area contributed by atoms with Crippen molar-refractivity contribution in [1.29, 1.82) is 0 Å². The van der Waals surface area contributed by atoms with Crippen LogP contribution in [0, 0.1) is 5.92 Å². The van der Waals surface area contributed by atoms with E-state index in [1.165, 1.54) is 37.1 Å². The average molecular weight is 376 g/mol. The predicted octanol–water partition coefficient (Wildman–Crippen LogP) is 2.65. The van der Waals surface area contributed by atoms with Gasteiger partial charge in [0.15, 0.2) is 0 Å². The summed E-state index contributed by atoms with van der Waals surface area (Å²) in [6.07, 6.45) is 8.36. The van der Waals surface area contributed by atoms with Gasteiger partial charge in [0.1, 0.15) is 0 Å². The van der Waals surface area contributed by atoms with Gasteiger partial charge in [-0.3, -0.25) is 14.5 Å². The Labute approximate surface area is 159 Å². The Morgan fingerprint density at radius 2 is 1.96 bits per heavy atom. The summed E-state index contributed by atoms with van der Waals surface area (Å²) in [4.78, 5) is 31.7. The van der Waals surface area contributed by atoms with E-state index in [4.69, 9.17) is 0 Å². The number of carbonyl (C=O) groups is 2. The summed E-state index contributed by atoms with van der Waals surface area (Å²) in [6.45, 7) is 3.57. The average Bonchev–Trinajstić information content (AvgIpc) is 3.36. The Hall–Kier alpha value is -1.40. The first-order valence-electron chi connectivity index (χ1n) is 10.0. The lowest BCUT2D eigenvalue weighted by molar-refractivity contribution is -0.138. The van der Waals surface area contributed by atoms with E-state index in [1.54, 1.807) is 18.4 Å². The Balaban J connectivity index is 1.40. The Kier molecular flexibility index (Phi) is 5.32. The second kappa shape index (κ2) is 7.69. The van der Waals surface area contributed by atoms with Crippen molar-refractivity contribution >= 4 is 23.2 Å². The summed E-state index contributed by atoms with van der Waals surface area (Å²) >= 11 is 1.58. The fraction of sp³-hybridized carbons (Fsp3) is 0.700. The quantitative estimate of drug-likeness (QED) is 0.884. The van der Waals surface area contributed by atoms with Crippen molar-refractivity contribution in [2.45, 2.75) is 57.5 Å². The van der Waals surface area contributed by atoms with Gasteiger partial charge in [0.2, 0.25) is 5.91 Å². The van der Waals surface area contributed by atoms with Crippen LogP contribution in [0.4, 0.5) is 0 Å². The van der Waals surface area contributed by atoms with Crippen LogP contribution in [0.1, 0.15) is 58.6 Å². The lowest BCUT2D eigenvalue weighted by Crippen LogP contribution is -2.48. The number of thiophene rings is 1. The molecule has 6 heteroatoms. The Morgan fingerprint density at radius 3 is 2.73 bits per heavy atom. The molecule has 0 bridgehead atoms. The molecule has 26 heavy (non-hydrogen) atoms. The van der Waals surface area contributed by atoms with Crippen LogP contribution in [-0.2, 0) is 17.8 Å². The van der Waals surface area contributed by atoms with Crippen LogP contribution in [-0.4, -0.2) is 54.3 Å². The summed E-state index contributed by atoms with van der Waals surface area (Å²) in [5.74, 6) is 0.454. The number of amides is 2. The molecular weight excluding hydrogens is 346 g/mol. The largest absolute Gasteiger partial charge is 0.354 e. The third-order valence-corrected chi connectivity index (χ3v) is 7.51. The molecule has 1 N–H and O–H groups in total. The number of carbonyl (C=O) groups excluding carboxylic acids is 2. The first-order chi connectivity index (χ1) is 12.7. The van der Waals surface area contributed by atoms with Crippen LogP contribution in [0.2, 0.25) is 0 Å². The zero-order valence-electron chi connectivity index (χ0n) is 15.6. The lowest BCUT2D eigenvalue weighted by Gasteiger charge is -2.38. The fourth-order valence-corrected chi connectivity index (χ4v) is 5.93. The first kappa shape index (κ1) is 18.0. The van der Waals surface area contributed by atoms with Crippen LogP contribution >= 0.6 is 11.3 Å². The molecule has 0 spiro atoms. The number of piperidine rings is 1. The molecule has 1 aromatic rings. The van der Waals surface area contributed by atoms with Gasteiger partial charge >= 0.3 is 0 Å². The zero-order valence-corrected chi connectivity index (χ0v) is 16.4. The standard InChI is InChI=1S/C20H29N3O2S/c1-21-19(24)18-11-15-13-23(10-8-17(15)26-18)20(25)14-5-4-9-22(12-14)16-6-2-3-7-16/h11,14,16H,2-10,12-13H2,1H3,(H,21,24)/t14-/m1/s1. The van der Waals surface area contributed by atoms with Crippen molar-refractivity contribution in [2.75, 3.05) is 26.7 Å². The molecule has 5 nitrogen and oxygen atoms in total. The maximum absolute atomic E-state index is 13.1. The van der Waals surface area contributed by atoms with E-state index in [2.05, 4.69) is 10.2 Å². The molecule has 142 valence electrons. The number of nitrogens with one attached hydrogen (secondary N) is 1. The van der Waals surface area contributed by atoms with E-state index < -0.39 is 0 Å². The highest BCUT2D eigenvalue weighted by atomic mass is 32.1. The molecule has 2 amide bonds. The minimum atomic E-state index is -0.0261. The highest BCUT2D eigenvalue weighted by Gasteiger charge is 2.34. The normalized spacial score (nSPS) is 24.5. The predicted molar refractivity (Wildman–Crippen MR) is 103 cm³/mol. The second-order valence-electron chi connectivity index (χ2n) is 7.92. The second-order valence-corrected chi connectivity index (χ2v) is 9.06. The van der Waals surface area contributed by atoms with E-state index in [0.29, 0.717) is 18.5 Å². The van der Waals surface area contributed by atoms with Gasteiger partial charge in [-0.05, 0) is 50.3 Å². The van der Waals surface area contributed by atoms with Crippen molar-refractivity contribution in [1.82, 2.24) is 15.1 Å². The van der Waals surface area contributed by atoms with Crippen molar-refractivity contribution in [3.05, 3.63) is 21.4 Å². The van der Waals surface area contributed by atoms with Crippen molar-refractivity contribution < 1.29 is 9.59 Å². The van der Waals surface area contributed by atoms with E-state index in [9.17, 15) is 9.59 Å². The van der Waals surface area contributed by atoms with Crippen LogP contribution in [0.15, 0.2) is 6.07 Å². The topological polar surface area (TPSA) is 52.7 Å². The maximum atomic E-state index is 13.1. The number of hydrogen-bond acceptors (Lipinski definition) is 4. The molecule has 3 heterocycles. The Bertz CT molecular complexity index is 681. The molecule has 2 aliphatic heterocycles. The number of nitrogens with zero attached hydrogens (tertiary/aromatic N) is 2. The molecular formula is C20H29N3O2S. The summed E-state index contributed by atoms with van der Waals surface area (Å²) < 4.78 is 0. The van der Waals surface area contributed by atoms with Gasteiger partial charge in [0.25, 0.3) is 5.91 Å². The van der Waals surface area contributed by atoms with Gasteiger partial charge in [-0.2, -0.15) is 0 Å². The molecule has 1 saturated carbocycles. The molecule has 1 atom stereocenters. The van der Waals surface area contributed by atoms with Gasteiger partial charge in [0.05, 0.1) is 10.8 Å². The molecule has 1 aromatic heterocycles.